The summed E-state index contributed by atoms with van der Waals surface area (Å²) in [6.45, 7) is 0.861. The molecule has 2 amide bonds. The Morgan fingerprint density at radius 1 is 1.36 bits per heavy atom. The van der Waals surface area contributed by atoms with Crippen molar-refractivity contribution in [1.82, 2.24) is 4.90 Å². The van der Waals surface area contributed by atoms with Crippen LogP contribution >= 0.6 is 0 Å². The van der Waals surface area contributed by atoms with Gasteiger partial charge in [-0.1, -0.05) is 5.57 Å². The lowest BCUT2D eigenvalue weighted by molar-refractivity contribution is 0.0742. The average molecular weight is 338 g/mol. The number of nitrogens with two attached hydrogens (primary N) is 1. The first-order chi connectivity index (χ1) is 12.2. The normalized spacial score (nSPS) is 23.2. The van der Waals surface area contributed by atoms with E-state index in [0.29, 0.717) is 6.54 Å². The molecule has 0 bridgehead atoms. The third kappa shape index (κ3) is 1.94. The van der Waals surface area contributed by atoms with E-state index in [1.165, 1.54) is 5.57 Å². The van der Waals surface area contributed by atoms with Gasteiger partial charge in [-0.25, -0.2) is 4.79 Å². The maximum Gasteiger partial charge on any atom is 0.315 e. The Morgan fingerprint density at radius 3 is 3.04 bits per heavy atom. The Kier molecular flexibility index (Phi) is 2.92. The van der Waals surface area contributed by atoms with Gasteiger partial charge in [0.1, 0.15) is 11.5 Å². The number of primary amides is 1. The van der Waals surface area contributed by atoms with E-state index in [2.05, 4.69) is 6.08 Å². The first-order valence-electron chi connectivity index (χ1n) is 8.35. The number of fused-ring (bicyclic) bond motifs is 2. The third-order valence-electron chi connectivity index (χ3n) is 5.38. The summed E-state index contributed by atoms with van der Waals surface area (Å²) in [5.74, 6) is 2.47. The number of carbonyl (C=O) groups is 1. The van der Waals surface area contributed by atoms with Gasteiger partial charge in [-0.3, -0.25) is 0 Å². The van der Waals surface area contributed by atoms with Crippen LogP contribution in [0.5, 0.6) is 5.75 Å². The maximum absolute atomic E-state index is 12.0. The average Bonchev–Trinajstić information content (AvgIpc) is 3.09. The molecule has 1 atom stereocenters. The Bertz CT molecular complexity index is 989. The minimum absolute atomic E-state index is 0.172. The molecule has 6 heteroatoms. The van der Waals surface area contributed by atoms with Crippen molar-refractivity contribution in [2.45, 2.75) is 18.9 Å². The summed E-state index contributed by atoms with van der Waals surface area (Å²) in [4.78, 5) is 13.7. The molecule has 2 aliphatic carbocycles. The highest BCUT2D eigenvalue weighted by molar-refractivity contribution is 5.88. The molecule has 25 heavy (non-hydrogen) atoms. The van der Waals surface area contributed by atoms with Gasteiger partial charge >= 0.3 is 6.03 Å². The van der Waals surface area contributed by atoms with Crippen LogP contribution in [0, 0.1) is 0 Å². The first-order valence-corrected chi connectivity index (χ1v) is 8.35. The zero-order valence-corrected chi connectivity index (χ0v) is 13.9. The predicted molar refractivity (Wildman–Crippen MR) is 90.5 cm³/mol. The molecule has 5 rings (SSSR count). The van der Waals surface area contributed by atoms with Crippen LogP contribution in [0.3, 0.4) is 0 Å². The van der Waals surface area contributed by atoms with Gasteiger partial charge in [0.15, 0.2) is 5.76 Å². The highest BCUT2D eigenvalue weighted by Gasteiger charge is 2.41. The number of hydrogen-bond donors (Lipinski definition) is 1. The van der Waals surface area contributed by atoms with Crippen LogP contribution in [0.2, 0.25) is 0 Å². The number of carbonyl (C=O) groups excluding carboxylic acids is 1. The topological polar surface area (TPSA) is 74.0 Å². The monoisotopic (exact) mass is 338 g/mol. The molecule has 1 aromatic rings. The van der Waals surface area contributed by atoms with E-state index in [-0.39, 0.29) is 12.8 Å². The summed E-state index contributed by atoms with van der Waals surface area (Å²) in [6, 6.07) is 5.40. The van der Waals surface area contributed by atoms with Crippen LogP contribution in [-0.4, -0.2) is 37.4 Å². The molecule has 1 aromatic carbocycles. The van der Waals surface area contributed by atoms with Gasteiger partial charge in [-0.2, -0.15) is 0 Å². The SMILES string of the molecule is COc1ccc2c(c1)=C[C@@H]1C3=C(CCN1C(N)=O)CC1=C(OCO1)C=23. The number of amides is 2. The highest BCUT2D eigenvalue weighted by atomic mass is 16.7. The zero-order chi connectivity index (χ0) is 17.1. The zero-order valence-electron chi connectivity index (χ0n) is 13.9. The summed E-state index contributed by atoms with van der Waals surface area (Å²) in [7, 11) is 1.65. The number of hydrogen-bond acceptors (Lipinski definition) is 4. The molecule has 0 saturated heterocycles. The quantitative estimate of drug-likeness (QED) is 0.818. The number of ether oxygens (including phenoxy) is 3. The third-order valence-corrected chi connectivity index (χ3v) is 5.38. The van der Waals surface area contributed by atoms with Crippen LogP contribution in [0.4, 0.5) is 4.79 Å². The van der Waals surface area contributed by atoms with E-state index < -0.39 is 6.03 Å². The van der Waals surface area contributed by atoms with Gasteiger partial charge in [0.2, 0.25) is 6.79 Å². The summed E-state index contributed by atoms with van der Waals surface area (Å²) >= 11 is 0. The van der Waals surface area contributed by atoms with Gasteiger partial charge < -0.3 is 24.8 Å². The smallest absolute Gasteiger partial charge is 0.315 e. The van der Waals surface area contributed by atoms with Gasteiger partial charge in [0.05, 0.1) is 13.2 Å². The fraction of sp³-hybridized carbons (Fsp3) is 0.316. The van der Waals surface area contributed by atoms with E-state index in [1.54, 1.807) is 12.0 Å². The number of methoxy groups -OCH3 is 1. The van der Waals surface area contributed by atoms with E-state index in [9.17, 15) is 4.79 Å². The van der Waals surface area contributed by atoms with Gasteiger partial charge in [-0.15, -0.1) is 0 Å². The molecule has 0 spiro atoms. The molecule has 0 saturated carbocycles. The van der Waals surface area contributed by atoms with Crippen molar-refractivity contribution >= 4 is 17.7 Å². The molecular formula is C19H18N2O4. The molecule has 0 fully saturated rings. The lowest BCUT2D eigenvalue weighted by atomic mass is 9.77. The highest BCUT2D eigenvalue weighted by Crippen LogP contribution is 2.45. The molecule has 0 aromatic heterocycles. The summed E-state index contributed by atoms with van der Waals surface area (Å²) in [6.07, 6.45) is 3.65. The molecule has 2 heterocycles. The second-order valence-corrected chi connectivity index (χ2v) is 6.57. The lowest BCUT2D eigenvalue weighted by Gasteiger charge is -2.40. The maximum atomic E-state index is 12.0. The lowest BCUT2D eigenvalue weighted by Crippen LogP contribution is -2.51. The molecule has 128 valence electrons. The molecule has 0 unspecified atom stereocenters. The van der Waals surface area contributed by atoms with Crippen LogP contribution < -0.4 is 20.9 Å². The number of nitrogens with zero attached hydrogens (tertiary/aromatic N) is 1. The summed E-state index contributed by atoms with van der Waals surface area (Å²) < 4.78 is 16.9. The van der Waals surface area contributed by atoms with E-state index in [0.717, 1.165) is 51.7 Å². The Hall–Kier alpha value is -2.89. The standard InChI is InChI=1S/C19H18N2O4/c1-23-12-2-3-13-11(6-12)7-14-16-10(4-5-21(14)19(20)22)8-15-18(17(13)16)25-9-24-15/h2-3,6-7,14H,4-5,8-9H2,1H3,(H2,20,22)/t14-/m1/s1. The van der Waals surface area contributed by atoms with Crippen LogP contribution in [-0.2, 0) is 9.47 Å². The molecule has 2 aliphatic heterocycles. The van der Waals surface area contributed by atoms with Gasteiger partial charge in [-0.05, 0) is 46.7 Å². The van der Waals surface area contributed by atoms with Crippen molar-refractivity contribution in [3.05, 3.63) is 51.3 Å². The van der Waals surface area contributed by atoms with Crippen LogP contribution in [0.1, 0.15) is 12.8 Å². The number of urea groups is 1. The summed E-state index contributed by atoms with van der Waals surface area (Å²) in [5.41, 5.74) is 9.13. The molecular weight excluding hydrogens is 320 g/mol. The molecule has 0 radical (unpaired) electrons. The molecule has 6 nitrogen and oxygen atoms in total. The summed E-state index contributed by atoms with van der Waals surface area (Å²) in [5, 5.41) is 2.09. The van der Waals surface area contributed by atoms with Crippen LogP contribution in [0.25, 0.3) is 11.6 Å². The van der Waals surface area contributed by atoms with Crippen LogP contribution in [0.15, 0.2) is 40.9 Å². The van der Waals surface area contributed by atoms with Gasteiger partial charge in [0.25, 0.3) is 0 Å². The minimum Gasteiger partial charge on any atom is -0.497 e. The van der Waals surface area contributed by atoms with Crippen molar-refractivity contribution in [2.24, 2.45) is 5.73 Å². The predicted octanol–water partition coefficient (Wildman–Crippen LogP) is 0.709. The number of rotatable bonds is 1. The van der Waals surface area contributed by atoms with E-state index in [4.69, 9.17) is 19.9 Å². The second-order valence-electron chi connectivity index (χ2n) is 6.57. The van der Waals surface area contributed by atoms with Crippen molar-refractivity contribution in [3.8, 4) is 5.75 Å². The molecule has 2 N–H and O–H groups in total. The van der Waals surface area contributed by atoms with Crippen molar-refractivity contribution in [3.63, 3.8) is 0 Å². The van der Waals surface area contributed by atoms with E-state index >= 15 is 0 Å². The van der Waals surface area contributed by atoms with Crippen molar-refractivity contribution < 1.29 is 19.0 Å². The molecule has 4 aliphatic rings. The Labute approximate surface area is 144 Å². The second kappa shape index (κ2) is 5.05. The first kappa shape index (κ1) is 14.5. The van der Waals surface area contributed by atoms with E-state index in [1.807, 2.05) is 18.2 Å². The fourth-order valence-electron chi connectivity index (χ4n) is 4.26. The Balaban J connectivity index is 1.85. The fourth-order valence-corrected chi connectivity index (χ4v) is 4.26. The van der Waals surface area contributed by atoms with Gasteiger partial charge in [0, 0.05) is 18.5 Å². The number of benzene rings is 1. The largest absolute Gasteiger partial charge is 0.497 e. The Morgan fingerprint density at radius 2 is 2.24 bits per heavy atom. The van der Waals surface area contributed by atoms with Crippen molar-refractivity contribution in [2.75, 3.05) is 20.4 Å². The van der Waals surface area contributed by atoms with Crippen molar-refractivity contribution in [1.29, 1.82) is 0 Å². The minimum atomic E-state index is -0.401. The number of allylic oxidation sites excluding steroid dienone is 2.